The second-order valence-corrected chi connectivity index (χ2v) is 13.4. The van der Waals surface area contributed by atoms with Gasteiger partial charge in [0.15, 0.2) is 0 Å². The van der Waals surface area contributed by atoms with Crippen LogP contribution in [0.5, 0.6) is 0 Å². The number of nitrogens with zero attached hydrogens (tertiary/aromatic N) is 2. The van der Waals surface area contributed by atoms with Gasteiger partial charge in [-0.2, -0.15) is 0 Å². The van der Waals surface area contributed by atoms with E-state index in [-0.39, 0.29) is 17.9 Å². The Bertz CT molecular complexity index is 1450. The van der Waals surface area contributed by atoms with Crippen molar-refractivity contribution in [3.05, 3.63) is 72.4 Å². The van der Waals surface area contributed by atoms with Gasteiger partial charge in [-0.05, 0) is 83.4 Å². The molecule has 234 valence electrons. The molecule has 0 atom stereocenters. The number of anilines is 1. The number of pyridine rings is 1. The maximum atomic E-state index is 13.0. The van der Waals surface area contributed by atoms with Crippen LogP contribution in [-0.4, -0.2) is 46.5 Å². The van der Waals surface area contributed by atoms with Crippen LogP contribution < -0.4 is 10.6 Å². The molecule has 8 nitrogen and oxygen atoms in total. The lowest BCUT2D eigenvalue weighted by atomic mass is 9.83. The predicted molar refractivity (Wildman–Crippen MR) is 175 cm³/mol. The van der Waals surface area contributed by atoms with E-state index in [9.17, 15) is 14.4 Å². The lowest BCUT2D eigenvalue weighted by molar-refractivity contribution is -0.130. The minimum atomic E-state index is -0.646. The average molecular weight is 599 g/mol. The predicted octanol–water partition coefficient (Wildman–Crippen LogP) is 7.54. The van der Waals surface area contributed by atoms with Gasteiger partial charge in [-0.1, -0.05) is 54.6 Å². The van der Waals surface area contributed by atoms with Crippen molar-refractivity contribution in [2.24, 2.45) is 5.92 Å². The summed E-state index contributed by atoms with van der Waals surface area (Å²) in [4.78, 5) is 43.8. The molecule has 0 radical (unpaired) electrons. The van der Waals surface area contributed by atoms with E-state index in [2.05, 4.69) is 10.6 Å². The van der Waals surface area contributed by atoms with Crippen molar-refractivity contribution in [2.75, 3.05) is 12.4 Å². The minimum absolute atomic E-state index is 0.0222. The summed E-state index contributed by atoms with van der Waals surface area (Å²) in [7, 11) is 1.86. The van der Waals surface area contributed by atoms with Gasteiger partial charge in [0.25, 0.3) is 0 Å². The number of nitrogens with one attached hydrogen (secondary N) is 2. The molecule has 1 aliphatic carbocycles. The number of amides is 3. The minimum Gasteiger partial charge on any atom is -0.444 e. The fourth-order valence-corrected chi connectivity index (χ4v) is 5.74. The molecular formula is C36H46N4O4. The molecule has 0 unspecified atom stereocenters. The van der Waals surface area contributed by atoms with Gasteiger partial charge in [0.2, 0.25) is 11.8 Å². The quantitative estimate of drug-likeness (QED) is 0.279. The highest BCUT2D eigenvalue weighted by atomic mass is 16.6. The van der Waals surface area contributed by atoms with Gasteiger partial charge in [0, 0.05) is 37.6 Å². The monoisotopic (exact) mass is 598 g/mol. The molecule has 1 fully saturated rings. The summed E-state index contributed by atoms with van der Waals surface area (Å²) in [6.45, 7) is 11.0. The SMILES string of the molecule is CC(=O)N(C)C1CCC(CC(=O)Nc2cnc(-c3ccc(C(C)(C)NC(=O)OC(C)(C)C)cc3)c(-c3ccccc3)c2)CC1. The maximum absolute atomic E-state index is 13.0. The van der Waals surface area contributed by atoms with Crippen LogP contribution in [0.15, 0.2) is 66.9 Å². The summed E-state index contributed by atoms with van der Waals surface area (Å²) < 4.78 is 5.45. The summed E-state index contributed by atoms with van der Waals surface area (Å²) in [5.74, 6) is 0.373. The topological polar surface area (TPSA) is 101 Å². The summed E-state index contributed by atoms with van der Waals surface area (Å²) in [5.41, 5.74) is 3.99. The van der Waals surface area contributed by atoms with Gasteiger partial charge in [-0.15, -0.1) is 0 Å². The van der Waals surface area contributed by atoms with E-state index < -0.39 is 17.2 Å². The summed E-state index contributed by atoms with van der Waals surface area (Å²) in [6.07, 6.45) is 5.41. The third-order valence-electron chi connectivity index (χ3n) is 8.28. The van der Waals surface area contributed by atoms with Crippen LogP contribution in [0.4, 0.5) is 10.5 Å². The van der Waals surface area contributed by atoms with E-state index in [4.69, 9.17) is 9.72 Å². The Balaban J connectivity index is 1.49. The fraction of sp³-hybridized carbons (Fsp3) is 0.444. The number of benzene rings is 2. The Hall–Kier alpha value is -4.20. The molecule has 3 amide bonds. The molecular weight excluding hydrogens is 552 g/mol. The average Bonchev–Trinajstić information content (AvgIpc) is 2.96. The fourth-order valence-electron chi connectivity index (χ4n) is 5.74. The van der Waals surface area contributed by atoms with Gasteiger partial charge in [-0.25, -0.2) is 4.79 Å². The highest BCUT2D eigenvalue weighted by molar-refractivity contribution is 5.93. The van der Waals surface area contributed by atoms with Crippen LogP contribution in [-0.2, 0) is 19.9 Å². The molecule has 8 heteroatoms. The van der Waals surface area contributed by atoms with E-state index in [1.165, 1.54) is 0 Å². The van der Waals surface area contributed by atoms with Crippen LogP contribution in [0, 0.1) is 5.92 Å². The molecule has 1 heterocycles. The van der Waals surface area contributed by atoms with E-state index in [0.29, 0.717) is 18.0 Å². The van der Waals surface area contributed by atoms with Gasteiger partial charge in [-0.3, -0.25) is 14.6 Å². The van der Waals surface area contributed by atoms with Gasteiger partial charge in [0.1, 0.15) is 5.60 Å². The van der Waals surface area contributed by atoms with Gasteiger partial charge < -0.3 is 20.3 Å². The Morgan fingerprint density at radius 3 is 2.14 bits per heavy atom. The van der Waals surface area contributed by atoms with E-state index in [0.717, 1.165) is 53.6 Å². The molecule has 3 aromatic rings. The molecule has 2 aromatic carbocycles. The zero-order chi connectivity index (χ0) is 32.1. The molecule has 2 N–H and O–H groups in total. The Labute approximate surface area is 261 Å². The normalized spacial score (nSPS) is 17.0. The number of alkyl carbamates (subject to hydrolysis) is 1. The Kier molecular flexibility index (Phi) is 10.1. The zero-order valence-electron chi connectivity index (χ0n) is 27.1. The van der Waals surface area contributed by atoms with Crippen molar-refractivity contribution >= 4 is 23.6 Å². The Morgan fingerprint density at radius 1 is 0.909 bits per heavy atom. The molecule has 0 bridgehead atoms. The number of hydrogen-bond donors (Lipinski definition) is 2. The van der Waals surface area contributed by atoms with E-state index in [1.807, 2.05) is 107 Å². The van der Waals surface area contributed by atoms with Crippen molar-refractivity contribution in [1.82, 2.24) is 15.2 Å². The zero-order valence-corrected chi connectivity index (χ0v) is 27.1. The van der Waals surface area contributed by atoms with Crippen molar-refractivity contribution in [2.45, 2.75) is 90.8 Å². The number of carbonyl (C=O) groups excluding carboxylic acids is 3. The molecule has 1 saturated carbocycles. The lowest BCUT2D eigenvalue weighted by Gasteiger charge is -2.34. The smallest absolute Gasteiger partial charge is 0.408 e. The van der Waals surface area contributed by atoms with E-state index >= 15 is 0 Å². The molecule has 4 rings (SSSR count). The maximum Gasteiger partial charge on any atom is 0.408 e. The van der Waals surface area contributed by atoms with Crippen molar-refractivity contribution in [3.8, 4) is 22.4 Å². The number of rotatable bonds is 8. The molecule has 1 aliphatic rings. The lowest BCUT2D eigenvalue weighted by Crippen LogP contribution is -2.43. The number of aromatic nitrogens is 1. The van der Waals surface area contributed by atoms with Crippen molar-refractivity contribution < 1.29 is 19.1 Å². The van der Waals surface area contributed by atoms with Crippen LogP contribution in [0.1, 0.15) is 79.2 Å². The third-order valence-corrected chi connectivity index (χ3v) is 8.28. The molecule has 44 heavy (non-hydrogen) atoms. The second kappa shape index (κ2) is 13.6. The number of hydrogen-bond acceptors (Lipinski definition) is 5. The van der Waals surface area contributed by atoms with Crippen molar-refractivity contribution in [1.29, 1.82) is 0 Å². The summed E-state index contributed by atoms with van der Waals surface area (Å²) in [5, 5.41) is 6.03. The highest BCUT2D eigenvalue weighted by Gasteiger charge is 2.28. The van der Waals surface area contributed by atoms with Crippen LogP contribution in [0.25, 0.3) is 22.4 Å². The van der Waals surface area contributed by atoms with Crippen molar-refractivity contribution in [3.63, 3.8) is 0 Å². The molecule has 0 spiro atoms. The largest absolute Gasteiger partial charge is 0.444 e. The number of carbonyl (C=O) groups is 3. The molecule has 1 aromatic heterocycles. The van der Waals surface area contributed by atoms with Gasteiger partial charge >= 0.3 is 6.09 Å². The van der Waals surface area contributed by atoms with Crippen LogP contribution >= 0.6 is 0 Å². The number of ether oxygens (including phenoxy) is 1. The standard InChI is InChI=1S/C36H46N4O4/c1-24(41)40(7)30-19-13-25(14-20-30)21-32(42)38-29-22-31(26-11-9-8-10-12-26)33(37-23-29)27-15-17-28(18-16-27)36(5,6)39-34(43)44-35(2,3)4/h8-12,15-18,22-23,25,30H,13-14,19-21H2,1-7H3,(H,38,42)(H,39,43). The van der Waals surface area contributed by atoms with Gasteiger partial charge in [0.05, 0.1) is 23.1 Å². The summed E-state index contributed by atoms with van der Waals surface area (Å²) >= 11 is 0. The first-order valence-electron chi connectivity index (χ1n) is 15.4. The first-order valence-corrected chi connectivity index (χ1v) is 15.4. The molecule has 0 saturated heterocycles. The third kappa shape index (κ3) is 8.68. The van der Waals surface area contributed by atoms with Crippen LogP contribution in [0.2, 0.25) is 0 Å². The molecule has 0 aliphatic heterocycles. The first kappa shape index (κ1) is 32.7. The Morgan fingerprint density at radius 2 is 1.55 bits per heavy atom. The van der Waals surface area contributed by atoms with E-state index in [1.54, 1.807) is 13.1 Å². The second-order valence-electron chi connectivity index (χ2n) is 13.4. The summed E-state index contributed by atoms with van der Waals surface area (Å²) in [6, 6.07) is 20.2. The highest BCUT2D eigenvalue weighted by Crippen LogP contribution is 2.34. The van der Waals surface area contributed by atoms with Crippen LogP contribution in [0.3, 0.4) is 0 Å². The first-order chi connectivity index (χ1) is 20.7.